The van der Waals surface area contributed by atoms with Crippen LogP contribution in [0.2, 0.25) is 0 Å². The number of hydrogen-bond donors (Lipinski definition) is 1. The van der Waals surface area contributed by atoms with Crippen molar-refractivity contribution in [3.8, 4) is 11.6 Å². The van der Waals surface area contributed by atoms with Gasteiger partial charge in [-0.2, -0.15) is 0 Å². The Labute approximate surface area is 126 Å². The second kappa shape index (κ2) is 7.64. The molecule has 0 unspecified atom stereocenters. The maximum atomic E-state index is 5.74. The highest BCUT2D eigenvalue weighted by Gasteiger charge is 2.01. The molecule has 0 saturated heterocycles. The van der Waals surface area contributed by atoms with E-state index in [4.69, 9.17) is 9.47 Å². The molecule has 0 aliphatic heterocycles. The summed E-state index contributed by atoms with van der Waals surface area (Å²) in [5, 5.41) is 3.38. The van der Waals surface area contributed by atoms with Crippen LogP contribution in [0.25, 0.3) is 0 Å². The molecule has 0 spiro atoms. The lowest BCUT2D eigenvalue weighted by atomic mass is 10.2. The lowest BCUT2D eigenvalue weighted by molar-refractivity contribution is 0.292. The molecule has 1 heterocycles. The highest BCUT2D eigenvalue weighted by atomic mass is 16.5. The molecule has 0 amide bonds. The second-order valence-electron chi connectivity index (χ2n) is 5.18. The van der Waals surface area contributed by atoms with Gasteiger partial charge in [0.15, 0.2) is 0 Å². The first-order valence-corrected chi connectivity index (χ1v) is 7.11. The number of methoxy groups -OCH3 is 1. The number of nitrogens with zero attached hydrogens (tertiary/aromatic N) is 1. The summed E-state index contributed by atoms with van der Waals surface area (Å²) in [6, 6.07) is 12.3. The van der Waals surface area contributed by atoms with Crippen molar-refractivity contribution in [3.63, 3.8) is 0 Å². The van der Waals surface area contributed by atoms with Crippen LogP contribution in [0.5, 0.6) is 11.6 Å². The fraction of sp³-hybridized carbons (Fsp3) is 0.353. The number of rotatable bonds is 7. The van der Waals surface area contributed by atoms with Crippen LogP contribution in [-0.2, 0) is 13.2 Å². The Kier molecular flexibility index (Phi) is 5.58. The molecule has 0 aliphatic carbocycles. The summed E-state index contributed by atoms with van der Waals surface area (Å²) < 4.78 is 10.9. The van der Waals surface area contributed by atoms with Crippen LogP contribution in [0.1, 0.15) is 25.0 Å². The minimum Gasteiger partial charge on any atom is -0.497 e. The third kappa shape index (κ3) is 5.08. The molecular weight excluding hydrogens is 264 g/mol. The van der Waals surface area contributed by atoms with Crippen LogP contribution in [-0.4, -0.2) is 18.1 Å². The number of pyridine rings is 1. The zero-order valence-electron chi connectivity index (χ0n) is 12.8. The Hall–Kier alpha value is -2.07. The van der Waals surface area contributed by atoms with E-state index in [1.165, 1.54) is 5.56 Å². The van der Waals surface area contributed by atoms with Gasteiger partial charge in [0.25, 0.3) is 0 Å². The maximum absolute atomic E-state index is 5.74. The van der Waals surface area contributed by atoms with Crippen molar-refractivity contribution in [2.45, 2.75) is 33.0 Å². The average molecular weight is 286 g/mol. The van der Waals surface area contributed by atoms with Gasteiger partial charge in [0.05, 0.1) is 7.11 Å². The smallest absolute Gasteiger partial charge is 0.213 e. The van der Waals surface area contributed by atoms with Crippen LogP contribution in [0, 0.1) is 0 Å². The first-order chi connectivity index (χ1) is 10.2. The van der Waals surface area contributed by atoms with E-state index in [2.05, 4.69) is 24.1 Å². The quantitative estimate of drug-likeness (QED) is 0.849. The molecule has 2 aromatic rings. The Bertz CT molecular complexity index is 570. The lowest BCUT2D eigenvalue weighted by Crippen LogP contribution is -2.21. The van der Waals surface area contributed by atoms with Crippen LogP contribution >= 0.6 is 0 Å². The van der Waals surface area contributed by atoms with Crippen molar-refractivity contribution in [1.29, 1.82) is 0 Å². The third-order valence-electron chi connectivity index (χ3n) is 3.03. The van der Waals surface area contributed by atoms with Gasteiger partial charge in [0, 0.05) is 24.8 Å². The Morgan fingerprint density at radius 2 is 2.00 bits per heavy atom. The van der Waals surface area contributed by atoms with Gasteiger partial charge in [-0.1, -0.05) is 26.0 Å². The van der Waals surface area contributed by atoms with E-state index in [-0.39, 0.29) is 0 Å². The fourth-order valence-corrected chi connectivity index (χ4v) is 1.88. The highest BCUT2D eigenvalue weighted by Crippen LogP contribution is 2.15. The molecule has 1 aromatic carbocycles. The van der Waals surface area contributed by atoms with Crippen LogP contribution in [0.4, 0.5) is 0 Å². The molecule has 0 fully saturated rings. The summed E-state index contributed by atoms with van der Waals surface area (Å²) >= 11 is 0. The molecule has 21 heavy (non-hydrogen) atoms. The van der Waals surface area contributed by atoms with Gasteiger partial charge in [-0.05, 0) is 29.3 Å². The number of ether oxygens (including phenoxy) is 2. The number of benzene rings is 1. The lowest BCUT2D eigenvalue weighted by Gasteiger charge is -2.10. The predicted molar refractivity (Wildman–Crippen MR) is 83.5 cm³/mol. The molecule has 112 valence electrons. The summed E-state index contributed by atoms with van der Waals surface area (Å²) in [6.07, 6.45) is 1.78. The SMILES string of the molecule is COc1cccc(COc2cc(CNC(C)C)ccn2)c1. The van der Waals surface area contributed by atoms with Crippen LogP contribution < -0.4 is 14.8 Å². The van der Waals surface area contributed by atoms with Crippen molar-refractivity contribution in [3.05, 3.63) is 53.7 Å². The molecule has 2 rings (SSSR count). The van der Waals surface area contributed by atoms with Crippen LogP contribution in [0.3, 0.4) is 0 Å². The van der Waals surface area contributed by atoms with E-state index in [9.17, 15) is 0 Å². The van der Waals surface area contributed by atoms with E-state index < -0.39 is 0 Å². The maximum Gasteiger partial charge on any atom is 0.213 e. The fourth-order valence-electron chi connectivity index (χ4n) is 1.88. The topological polar surface area (TPSA) is 43.4 Å². The number of hydrogen-bond acceptors (Lipinski definition) is 4. The third-order valence-corrected chi connectivity index (χ3v) is 3.03. The zero-order chi connectivity index (χ0) is 15.1. The Morgan fingerprint density at radius 3 is 2.76 bits per heavy atom. The Morgan fingerprint density at radius 1 is 1.14 bits per heavy atom. The molecule has 4 heteroatoms. The van der Waals surface area contributed by atoms with Gasteiger partial charge in [0.2, 0.25) is 5.88 Å². The second-order valence-corrected chi connectivity index (χ2v) is 5.18. The average Bonchev–Trinajstić information content (AvgIpc) is 2.51. The van der Waals surface area contributed by atoms with Gasteiger partial charge < -0.3 is 14.8 Å². The van der Waals surface area contributed by atoms with E-state index in [0.717, 1.165) is 17.9 Å². The van der Waals surface area contributed by atoms with Gasteiger partial charge in [0.1, 0.15) is 12.4 Å². The largest absolute Gasteiger partial charge is 0.497 e. The van der Waals surface area contributed by atoms with Crippen molar-refractivity contribution in [2.75, 3.05) is 7.11 Å². The van der Waals surface area contributed by atoms with Gasteiger partial charge in [-0.25, -0.2) is 4.98 Å². The minimum absolute atomic E-state index is 0.458. The van der Waals surface area contributed by atoms with Crippen molar-refractivity contribution in [1.82, 2.24) is 10.3 Å². The molecule has 0 atom stereocenters. The first kappa shape index (κ1) is 15.3. The van der Waals surface area contributed by atoms with E-state index >= 15 is 0 Å². The monoisotopic (exact) mass is 286 g/mol. The molecule has 0 aliphatic rings. The summed E-state index contributed by atoms with van der Waals surface area (Å²) in [4.78, 5) is 4.24. The summed E-state index contributed by atoms with van der Waals surface area (Å²) in [7, 11) is 1.66. The van der Waals surface area contributed by atoms with Crippen molar-refractivity contribution in [2.24, 2.45) is 0 Å². The molecule has 1 aromatic heterocycles. The minimum atomic E-state index is 0.458. The van der Waals surface area contributed by atoms with Crippen LogP contribution in [0.15, 0.2) is 42.6 Å². The molecule has 0 radical (unpaired) electrons. The molecule has 0 bridgehead atoms. The van der Waals surface area contributed by atoms with E-state index in [1.807, 2.05) is 36.4 Å². The normalized spacial score (nSPS) is 10.7. The standard InChI is InChI=1S/C17H22N2O2/c1-13(2)19-11-14-7-8-18-17(10-14)21-12-15-5-4-6-16(9-15)20-3/h4-10,13,19H,11-12H2,1-3H3. The zero-order valence-corrected chi connectivity index (χ0v) is 12.8. The molecule has 0 saturated carbocycles. The van der Waals surface area contributed by atoms with E-state index in [0.29, 0.717) is 18.5 Å². The van der Waals surface area contributed by atoms with Gasteiger partial charge in [-0.3, -0.25) is 0 Å². The summed E-state index contributed by atoms with van der Waals surface area (Å²) in [6.45, 7) is 5.55. The molecule has 4 nitrogen and oxygen atoms in total. The first-order valence-electron chi connectivity index (χ1n) is 7.11. The van der Waals surface area contributed by atoms with Gasteiger partial charge in [-0.15, -0.1) is 0 Å². The number of nitrogens with one attached hydrogen (secondary N) is 1. The Balaban J connectivity index is 1.94. The van der Waals surface area contributed by atoms with E-state index in [1.54, 1.807) is 13.3 Å². The summed E-state index contributed by atoms with van der Waals surface area (Å²) in [5.74, 6) is 1.47. The van der Waals surface area contributed by atoms with Crippen molar-refractivity contribution >= 4 is 0 Å². The van der Waals surface area contributed by atoms with Crippen molar-refractivity contribution < 1.29 is 9.47 Å². The highest BCUT2D eigenvalue weighted by molar-refractivity contribution is 5.28. The molecular formula is C17H22N2O2. The predicted octanol–water partition coefficient (Wildman–Crippen LogP) is 3.17. The number of aromatic nitrogens is 1. The van der Waals surface area contributed by atoms with Gasteiger partial charge >= 0.3 is 0 Å². The molecule has 1 N–H and O–H groups in total. The summed E-state index contributed by atoms with van der Waals surface area (Å²) in [5.41, 5.74) is 2.22.